The van der Waals surface area contributed by atoms with Crippen LogP contribution in [0.2, 0.25) is 0 Å². The third-order valence-electron chi connectivity index (χ3n) is 3.60. The summed E-state index contributed by atoms with van der Waals surface area (Å²) < 4.78 is 29.8. The van der Waals surface area contributed by atoms with Crippen molar-refractivity contribution in [3.05, 3.63) is 47.0 Å². The van der Waals surface area contributed by atoms with Gasteiger partial charge in [-0.05, 0) is 30.5 Å². The molecule has 0 unspecified atom stereocenters. The van der Waals surface area contributed by atoms with Crippen LogP contribution in [0.3, 0.4) is 0 Å². The normalized spacial score (nSPS) is 10.7. The molecule has 0 aliphatic rings. The van der Waals surface area contributed by atoms with E-state index < -0.39 is 12.5 Å². The van der Waals surface area contributed by atoms with Crippen molar-refractivity contribution in [3.63, 3.8) is 0 Å². The molecule has 3 rings (SSSR count). The molecule has 1 aromatic carbocycles. The van der Waals surface area contributed by atoms with Crippen molar-refractivity contribution in [2.24, 2.45) is 5.73 Å². The number of anilines is 5. The SMILES string of the molecule is Cc1cnc(Nc2ccc(N)cc2OC(F)F)nc1Nc1sccc1C(N)=O. The van der Waals surface area contributed by atoms with E-state index >= 15 is 0 Å². The van der Waals surface area contributed by atoms with Crippen LogP contribution in [0.5, 0.6) is 5.75 Å². The van der Waals surface area contributed by atoms with Crippen molar-refractivity contribution in [1.29, 1.82) is 0 Å². The summed E-state index contributed by atoms with van der Waals surface area (Å²) >= 11 is 1.29. The summed E-state index contributed by atoms with van der Waals surface area (Å²) in [7, 11) is 0. The number of hydrogen-bond acceptors (Lipinski definition) is 8. The number of nitrogen functional groups attached to an aromatic ring is 1. The molecule has 2 aromatic heterocycles. The van der Waals surface area contributed by atoms with Gasteiger partial charge >= 0.3 is 6.61 Å². The number of nitrogens with one attached hydrogen (secondary N) is 2. The fourth-order valence-electron chi connectivity index (χ4n) is 2.29. The summed E-state index contributed by atoms with van der Waals surface area (Å²) in [5.41, 5.74) is 12.5. The van der Waals surface area contributed by atoms with Gasteiger partial charge < -0.3 is 26.8 Å². The minimum atomic E-state index is -3.01. The number of amides is 1. The maximum absolute atomic E-state index is 12.6. The minimum Gasteiger partial charge on any atom is -0.433 e. The highest BCUT2D eigenvalue weighted by Gasteiger charge is 2.14. The molecule has 8 nitrogen and oxygen atoms in total. The molecule has 1 amide bonds. The average Bonchev–Trinajstić information content (AvgIpc) is 3.08. The lowest BCUT2D eigenvalue weighted by Crippen LogP contribution is -2.12. The van der Waals surface area contributed by atoms with Crippen molar-refractivity contribution >= 4 is 45.4 Å². The van der Waals surface area contributed by atoms with Crippen molar-refractivity contribution in [1.82, 2.24) is 9.97 Å². The molecule has 28 heavy (non-hydrogen) atoms. The van der Waals surface area contributed by atoms with Crippen molar-refractivity contribution < 1.29 is 18.3 Å². The van der Waals surface area contributed by atoms with E-state index in [2.05, 4.69) is 25.3 Å². The van der Waals surface area contributed by atoms with Crippen LogP contribution < -0.4 is 26.8 Å². The molecule has 11 heteroatoms. The fraction of sp³-hybridized carbons (Fsp3) is 0.118. The number of aryl methyl sites for hydroxylation is 1. The second-order valence-corrected chi connectivity index (χ2v) is 6.55. The Kier molecular flexibility index (Phi) is 5.54. The summed E-state index contributed by atoms with van der Waals surface area (Å²) in [6.07, 6.45) is 1.54. The summed E-state index contributed by atoms with van der Waals surface area (Å²) in [5, 5.41) is 8.12. The number of benzene rings is 1. The number of primary amides is 1. The van der Waals surface area contributed by atoms with E-state index in [1.54, 1.807) is 24.6 Å². The first-order valence-corrected chi connectivity index (χ1v) is 8.80. The topological polar surface area (TPSA) is 128 Å². The minimum absolute atomic E-state index is 0.133. The number of nitrogens with zero attached hydrogens (tertiary/aromatic N) is 2. The van der Waals surface area contributed by atoms with Gasteiger partial charge in [-0.25, -0.2) is 4.98 Å². The fourth-order valence-corrected chi connectivity index (χ4v) is 3.08. The lowest BCUT2D eigenvalue weighted by molar-refractivity contribution is -0.0493. The standard InChI is InChI=1S/C17H16F2N6O2S/c1-8-7-22-17(23-11-3-2-9(20)6-12(11)27-16(18)19)25-14(8)24-15-10(13(21)26)4-5-28-15/h2-7,16H,20H2,1H3,(H2,21,26)(H2,22,23,24,25). The molecule has 0 aliphatic heterocycles. The third-order valence-corrected chi connectivity index (χ3v) is 4.43. The average molecular weight is 406 g/mol. The van der Waals surface area contributed by atoms with Gasteiger partial charge in [-0.15, -0.1) is 11.3 Å². The molecule has 2 heterocycles. The second kappa shape index (κ2) is 8.05. The zero-order valence-corrected chi connectivity index (χ0v) is 15.4. The van der Waals surface area contributed by atoms with Crippen LogP contribution in [0.4, 0.5) is 36.9 Å². The van der Waals surface area contributed by atoms with Gasteiger partial charge in [0.1, 0.15) is 10.8 Å². The summed E-state index contributed by atoms with van der Waals surface area (Å²) in [5.74, 6) is -0.143. The van der Waals surface area contributed by atoms with Crippen LogP contribution in [0.25, 0.3) is 0 Å². The largest absolute Gasteiger partial charge is 0.433 e. The Labute approximate surface area is 162 Å². The van der Waals surface area contributed by atoms with Gasteiger partial charge in [0, 0.05) is 23.5 Å². The first-order valence-electron chi connectivity index (χ1n) is 7.93. The Hall–Kier alpha value is -3.47. The second-order valence-electron chi connectivity index (χ2n) is 5.64. The predicted molar refractivity (Wildman–Crippen MR) is 104 cm³/mol. The lowest BCUT2D eigenvalue weighted by atomic mass is 10.2. The highest BCUT2D eigenvalue weighted by Crippen LogP contribution is 2.32. The number of thiophene rings is 1. The number of carbonyl (C=O) groups is 1. The van der Waals surface area contributed by atoms with E-state index in [1.807, 2.05) is 0 Å². The van der Waals surface area contributed by atoms with Gasteiger partial charge in [-0.1, -0.05) is 0 Å². The molecule has 3 aromatic rings. The summed E-state index contributed by atoms with van der Waals surface area (Å²) in [6.45, 7) is -1.23. The first kappa shape index (κ1) is 19.3. The number of alkyl halides is 2. The number of hydrogen-bond donors (Lipinski definition) is 4. The molecule has 0 radical (unpaired) electrons. The quantitative estimate of drug-likeness (QED) is 0.441. The van der Waals surface area contributed by atoms with Crippen molar-refractivity contribution in [2.75, 3.05) is 16.4 Å². The highest BCUT2D eigenvalue weighted by atomic mass is 32.1. The van der Waals surface area contributed by atoms with E-state index in [1.165, 1.54) is 29.5 Å². The molecule has 0 atom stereocenters. The van der Waals surface area contributed by atoms with Crippen LogP contribution in [0.1, 0.15) is 15.9 Å². The van der Waals surface area contributed by atoms with Crippen LogP contribution in [0.15, 0.2) is 35.8 Å². The predicted octanol–water partition coefficient (Wildman–Crippen LogP) is 3.62. The van der Waals surface area contributed by atoms with Gasteiger partial charge in [0.05, 0.1) is 11.3 Å². The lowest BCUT2D eigenvalue weighted by Gasteiger charge is -2.14. The molecule has 0 spiro atoms. The van der Waals surface area contributed by atoms with Gasteiger partial charge in [0.25, 0.3) is 5.91 Å². The summed E-state index contributed by atoms with van der Waals surface area (Å²) in [4.78, 5) is 19.9. The number of aromatic nitrogens is 2. The van der Waals surface area contributed by atoms with Crippen LogP contribution in [-0.2, 0) is 0 Å². The molecule has 0 fully saturated rings. The molecule has 146 valence electrons. The van der Waals surface area contributed by atoms with Crippen LogP contribution >= 0.6 is 11.3 Å². The summed E-state index contributed by atoms with van der Waals surface area (Å²) in [6, 6.07) is 5.88. The van der Waals surface area contributed by atoms with Gasteiger partial charge in [0.2, 0.25) is 5.95 Å². The van der Waals surface area contributed by atoms with E-state index in [4.69, 9.17) is 11.5 Å². The Morgan fingerprint density at radius 3 is 2.79 bits per heavy atom. The number of halogens is 2. The molecule has 0 bridgehead atoms. The monoisotopic (exact) mass is 406 g/mol. The van der Waals surface area contributed by atoms with Crippen molar-refractivity contribution in [2.45, 2.75) is 13.5 Å². The van der Waals surface area contributed by atoms with E-state index in [0.29, 0.717) is 21.9 Å². The van der Waals surface area contributed by atoms with Crippen LogP contribution in [-0.4, -0.2) is 22.5 Å². The zero-order chi connectivity index (χ0) is 20.3. The smallest absolute Gasteiger partial charge is 0.387 e. The van der Waals surface area contributed by atoms with E-state index in [9.17, 15) is 13.6 Å². The number of rotatable bonds is 7. The maximum Gasteiger partial charge on any atom is 0.387 e. The Morgan fingerprint density at radius 1 is 1.29 bits per heavy atom. The molecular formula is C17H16F2N6O2S. The Bertz CT molecular complexity index is 1010. The molecule has 0 saturated heterocycles. The van der Waals surface area contributed by atoms with Gasteiger partial charge in [-0.3, -0.25) is 4.79 Å². The first-order chi connectivity index (χ1) is 13.3. The van der Waals surface area contributed by atoms with E-state index in [-0.39, 0.29) is 23.1 Å². The van der Waals surface area contributed by atoms with Gasteiger partial charge in [-0.2, -0.15) is 13.8 Å². The Morgan fingerprint density at radius 2 is 2.07 bits per heavy atom. The van der Waals surface area contributed by atoms with Crippen molar-refractivity contribution in [3.8, 4) is 5.75 Å². The molecular weight excluding hydrogens is 390 g/mol. The number of ether oxygens (including phenoxy) is 1. The molecule has 0 saturated carbocycles. The highest BCUT2D eigenvalue weighted by molar-refractivity contribution is 7.14. The zero-order valence-electron chi connectivity index (χ0n) is 14.6. The Balaban J connectivity index is 1.88. The van der Waals surface area contributed by atoms with E-state index in [0.717, 1.165) is 0 Å². The third kappa shape index (κ3) is 4.43. The van der Waals surface area contributed by atoms with Gasteiger partial charge in [0.15, 0.2) is 5.75 Å². The number of carbonyl (C=O) groups excluding carboxylic acids is 1. The maximum atomic E-state index is 12.6. The van der Waals surface area contributed by atoms with Crippen LogP contribution in [0, 0.1) is 6.92 Å². The molecule has 6 N–H and O–H groups in total. The molecule has 0 aliphatic carbocycles. The number of nitrogens with two attached hydrogens (primary N) is 2.